The number of halogens is 2. The van der Waals surface area contributed by atoms with Crippen LogP contribution in [0.2, 0.25) is 10.0 Å². The Morgan fingerprint density at radius 3 is 2.95 bits per heavy atom. The number of benzene rings is 1. The second-order valence-corrected chi connectivity index (χ2v) is 4.57. The van der Waals surface area contributed by atoms with Crippen molar-refractivity contribution in [2.75, 3.05) is 6.54 Å². The first-order chi connectivity index (χ1) is 9.10. The zero-order valence-corrected chi connectivity index (χ0v) is 11.3. The van der Waals surface area contributed by atoms with Crippen molar-refractivity contribution in [3.05, 3.63) is 40.1 Å². The summed E-state index contributed by atoms with van der Waals surface area (Å²) in [5, 5.41) is 11.5. The molecule has 0 radical (unpaired) electrons. The van der Waals surface area contributed by atoms with Crippen LogP contribution in [0.5, 0.6) is 0 Å². The zero-order valence-electron chi connectivity index (χ0n) is 9.81. The van der Waals surface area contributed by atoms with Gasteiger partial charge in [-0.25, -0.2) is 4.68 Å². The molecule has 1 heterocycles. The van der Waals surface area contributed by atoms with Gasteiger partial charge in [-0.15, -0.1) is 5.10 Å². The van der Waals surface area contributed by atoms with Crippen LogP contribution in [0.3, 0.4) is 0 Å². The SMILES string of the molecule is NCC(=O)NCc1cn(-c2cc(Cl)ccc2Cl)nn1. The van der Waals surface area contributed by atoms with Crippen LogP contribution < -0.4 is 11.1 Å². The molecular weight excluding hydrogens is 289 g/mol. The third-order valence-corrected chi connectivity index (χ3v) is 2.90. The minimum absolute atomic E-state index is 0.0613. The van der Waals surface area contributed by atoms with Gasteiger partial charge >= 0.3 is 0 Å². The van der Waals surface area contributed by atoms with E-state index in [2.05, 4.69) is 15.6 Å². The highest BCUT2D eigenvalue weighted by Crippen LogP contribution is 2.23. The van der Waals surface area contributed by atoms with E-state index < -0.39 is 0 Å². The lowest BCUT2D eigenvalue weighted by molar-refractivity contribution is -0.119. The van der Waals surface area contributed by atoms with Crippen molar-refractivity contribution in [1.82, 2.24) is 20.3 Å². The van der Waals surface area contributed by atoms with Gasteiger partial charge in [0.2, 0.25) is 5.91 Å². The van der Waals surface area contributed by atoms with Crippen LogP contribution in [-0.2, 0) is 11.3 Å². The Labute approximate surface area is 119 Å². The number of nitrogens with zero attached hydrogens (tertiary/aromatic N) is 3. The molecule has 6 nitrogen and oxygen atoms in total. The average molecular weight is 300 g/mol. The first-order valence-electron chi connectivity index (χ1n) is 5.43. The largest absolute Gasteiger partial charge is 0.349 e. The topological polar surface area (TPSA) is 85.8 Å². The number of amides is 1. The standard InChI is InChI=1S/C11H11Cl2N5O/c12-7-1-2-9(13)10(3-7)18-6-8(16-17-18)5-15-11(19)4-14/h1-3,6H,4-5,14H2,(H,15,19). The smallest absolute Gasteiger partial charge is 0.234 e. The monoisotopic (exact) mass is 299 g/mol. The van der Waals surface area contributed by atoms with Crippen LogP contribution in [0, 0.1) is 0 Å². The molecule has 3 N–H and O–H groups in total. The summed E-state index contributed by atoms with van der Waals surface area (Å²) in [7, 11) is 0. The quantitative estimate of drug-likeness (QED) is 0.887. The first kappa shape index (κ1) is 13.8. The molecule has 19 heavy (non-hydrogen) atoms. The van der Waals surface area contributed by atoms with Crippen LogP contribution in [0.15, 0.2) is 24.4 Å². The highest BCUT2D eigenvalue weighted by molar-refractivity contribution is 6.34. The van der Waals surface area contributed by atoms with Crippen molar-refractivity contribution in [2.24, 2.45) is 5.73 Å². The minimum atomic E-state index is -0.254. The van der Waals surface area contributed by atoms with E-state index in [1.807, 2.05) is 0 Å². The lowest BCUT2D eigenvalue weighted by atomic mass is 10.3. The highest BCUT2D eigenvalue weighted by atomic mass is 35.5. The second kappa shape index (κ2) is 6.01. The predicted octanol–water partition coefficient (Wildman–Crippen LogP) is 1.15. The number of carbonyl (C=O) groups is 1. The number of rotatable bonds is 4. The van der Waals surface area contributed by atoms with E-state index in [1.54, 1.807) is 24.4 Å². The third kappa shape index (κ3) is 3.44. The van der Waals surface area contributed by atoms with Crippen molar-refractivity contribution >= 4 is 29.1 Å². The molecule has 0 saturated heterocycles. The van der Waals surface area contributed by atoms with E-state index in [-0.39, 0.29) is 19.0 Å². The normalized spacial score (nSPS) is 10.5. The predicted molar refractivity (Wildman–Crippen MR) is 72.3 cm³/mol. The summed E-state index contributed by atoms with van der Waals surface area (Å²) in [4.78, 5) is 11.0. The Morgan fingerprint density at radius 1 is 1.42 bits per heavy atom. The van der Waals surface area contributed by atoms with Gasteiger partial charge in [0.15, 0.2) is 0 Å². The second-order valence-electron chi connectivity index (χ2n) is 3.73. The average Bonchev–Trinajstić information content (AvgIpc) is 2.87. The van der Waals surface area contributed by atoms with Crippen molar-refractivity contribution in [3.8, 4) is 5.69 Å². The van der Waals surface area contributed by atoms with Gasteiger partial charge in [0.05, 0.1) is 30.0 Å². The van der Waals surface area contributed by atoms with Crippen LogP contribution in [-0.4, -0.2) is 27.4 Å². The molecule has 1 amide bonds. The number of hydrogen-bond acceptors (Lipinski definition) is 4. The molecule has 0 aliphatic rings. The number of aromatic nitrogens is 3. The molecule has 1 aromatic carbocycles. The molecule has 2 aromatic rings. The molecule has 100 valence electrons. The van der Waals surface area contributed by atoms with Crippen LogP contribution in [0.1, 0.15) is 5.69 Å². The maximum Gasteiger partial charge on any atom is 0.234 e. The summed E-state index contributed by atoms with van der Waals surface area (Å²) < 4.78 is 1.50. The van der Waals surface area contributed by atoms with Crippen LogP contribution in [0.25, 0.3) is 5.69 Å². The fourth-order valence-corrected chi connectivity index (χ4v) is 1.79. The zero-order chi connectivity index (χ0) is 13.8. The van der Waals surface area contributed by atoms with Gasteiger partial charge in [-0.05, 0) is 18.2 Å². The molecule has 0 bridgehead atoms. The number of carbonyl (C=O) groups excluding carboxylic acids is 1. The molecule has 1 aromatic heterocycles. The van der Waals surface area contributed by atoms with Gasteiger partial charge in [-0.3, -0.25) is 4.79 Å². The number of nitrogens with one attached hydrogen (secondary N) is 1. The fraction of sp³-hybridized carbons (Fsp3) is 0.182. The molecule has 0 unspecified atom stereocenters. The van der Waals surface area contributed by atoms with Gasteiger partial charge < -0.3 is 11.1 Å². The van der Waals surface area contributed by atoms with E-state index in [1.165, 1.54) is 4.68 Å². The van der Waals surface area contributed by atoms with E-state index in [0.29, 0.717) is 21.4 Å². The van der Waals surface area contributed by atoms with E-state index in [0.717, 1.165) is 0 Å². The molecule has 8 heteroatoms. The van der Waals surface area contributed by atoms with Gasteiger partial charge in [0.1, 0.15) is 5.69 Å². The van der Waals surface area contributed by atoms with Gasteiger partial charge in [-0.1, -0.05) is 28.4 Å². The van der Waals surface area contributed by atoms with Crippen molar-refractivity contribution in [3.63, 3.8) is 0 Å². The molecule has 0 fully saturated rings. The summed E-state index contributed by atoms with van der Waals surface area (Å²) in [5.41, 5.74) is 6.40. The summed E-state index contributed by atoms with van der Waals surface area (Å²) in [5.74, 6) is -0.254. The van der Waals surface area contributed by atoms with E-state index >= 15 is 0 Å². The van der Waals surface area contributed by atoms with Crippen molar-refractivity contribution in [1.29, 1.82) is 0 Å². The van der Waals surface area contributed by atoms with Crippen LogP contribution >= 0.6 is 23.2 Å². The molecule has 0 saturated carbocycles. The molecular formula is C11H11Cl2N5O. The Morgan fingerprint density at radius 2 is 2.21 bits per heavy atom. The Balaban J connectivity index is 2.16. The van der Waals surface area contributed by atoms with E-state index in [4.69, 9.17) is 28.9 Å². The first-order valence-corrected chi connectivity index (χ1v) is 6.19. The summed E-state index contributed by atoms with van der Waals surface area (Å²) >= 11 is 12.0. The lowest BCUT2D eigenvalue weighted by Gasteiger charge is -2.03. The Kier molecular flexibility index (Phi) is 4.36. The van der Waals surface area contributed by atoms with Crippen LogP contribution in [0.4, 0.5) is 0 Å². The summed E-state index contributed by atoms with van der Waals surface area (Å²) in [6, 6.07) is 5.05. The molecule has 2 rings (SSSR count). The van der Waals surface area contributed by atoms with Crippen molar-refractivity contribution < 1.29 is 4.79 Å². The summed E-state index contributed by atoms with van der Waals surface area (Å²) in [6.07, 6.45) is 1.66. The Bertz CT molecular complexity index is 599. The molecule has 0 atom stereocenters. The van der Waals surface area contributed by atoms with Gasteiger partial charge in [0, 0.05) is 5.02 Å². The maximum atomic E-state index is 11.0. The number of nitrogens with two attached hydrogens (primary N) is 1. The molecule has 0 aliphatic carbocycles. The maximum absolute atomic E-state index is 11.0. The fourth-order valence-electron chi connectivity index (χ4n) is 1.42. The molecule has 0 aliphatic heterocycles. The number of hydrogen-bond donors (Lipinski definition) is 2. The van der Waals surface area contributed by atoms with E-state index in [9.17, 15) is 4.79 Å². The van der Waals surface area contributed by atoms with Crippen molar-refractivity contribution in [2.45, 2.75) is 6.54 Å². The molecule has 0 spiro atoms. The Hall–Kier alpha value is -1.63. The minimum Gasteiger partial charge on any atom is -0.349 e. The third-order valence-electron chi connectivity index (χ3n) is 2.35. The highest BCUT2D eigenvalue weighted by Gasteiger charge is 2.08. The summed E-state index contributed by atoms with van der Waals surface area (Å²) in [6.45, 7) is 0.197. The van der Waals surface area contributed by atoms with Gasteiger partial charge in [0.25, 0.3) is 0 Å². The van der Waals surface area contributed by atoms with Gasteiger partial charge in [-0.2, -0.15) is 0 Å². The lowest BCUT2D eigenvalue weighted by Crippen LogP contribution is -2.29.